The lowest BCUT2D eigenvalue weighted by molar-refractivity contribution is -0.144. The Hall–Kier alpha value is -1.90. The number of nitrogens with zero attached hydrogens (tertiary/aromatic N) is 2. The summed E-state index contributed by atoms with van der Waals surface area (Å²) in [5.41, 5.74) is -0.810. The molecule has 0 unspecified atom stereocenters. The van der Waals surface area contributed by atoms with Crippen LogP contribution in [0.4, 0.5) is 0 Å². The van der Waals surface area contributed by atoms with Gasteiger partial charge in [0.2, 0.25) is 17.7 Å². The number of imide groups is 1. The quantitative estimate of drug-likeness (QED) is 0.791. The molecule has 0 spiro atoms. The van der Waals surface area contributed by atoms with Crippen molar-refractivity contribution in [2.45, 2.75) is 56.9 Å². The summed E-state index contributed by atoms with van der Waals surface area (Å²) in [4.78, 5) is 38.0. The van der Waals surface area contributed by atoms with Crippen LogP contribution in [0.5, 0.6) is 0 Å². The first-order valence-corrected chi connectivity index (χ1v) is 8.14. The number of likely N-dealkylation sites (tertiary alicyclic amines) is 1. The monoisotopic (exact) mass is 303 g/mol. The van der Waals surface area contributed by atoms with E-state index in [1.165, 1.54) is 0 Å². The molecule has 2 saturated carbocycles. The van der Waals surface area contributed by atoms with Gasteiger partial charge in [0.1, 0.15) is 12.1 Å². The first kappa shape index (κ1) is 15.0. The predicted octanol–water partition coefficient (Wildman–Crippen LogP) is 1.11. The van der Waals surface area contributed by atoms with E-state index in [1.54, 1.807) is 0 Å². The Bertz CT molecular complexity index is 521. The Morgan fingerprint density at radius 3 is 2.18 bits per heavy atom. The van der Waals surface area contributed by atoms with Crippen LogP contribution in [-0.4, -0.2) is 34.7 Å². The molecule has 1 aliphatic heterocycles. The number of carbonyl (C=O) groups excluding carboxylic acids is 3. The van der Waals surface area contributed by atoms with Crippen LogP contribution in [0, 0.1) is 23.2 Å². The zero-order valence-electron chi connectivity index (χ0n) is 12.6. The van der Waals surface area contributed by atoms with E-state index in [1.807, 2.05) is 0 Å². The second kappa shape index (κ2) is 5.71. The maximum Gasteiger partial charge on any atom is 0.241 e. The van der Waals surface area contributed by atoms with Crippen molar-refractivity contribution in [1.29, 1.82) is 5.26 Å². The van der Waals surface area contributed by atoms with Crippen molar-refractivity contribution >= 4 is 17.7 Å². The highest BCUT2D eigenvalue weighted by atomic mass is 16.2. The number of hydrogen-bond acceptors (Lipinski definition) is 4. The minimum Gasteiger partial charge on any atom is -0.336 e. The molecule has 3 rings (SSSR count). The predicted molar refractivity (Wildman–Crippen MR) is 77.1 cm³/mol. The molecule has 1 saturated heterocycles. The van der Waals surface area contributed by atoms with Crippen molar-refractivity contribution < 1.29 is 14.4 Å². The minimum atomic E-state index is -0.810. The number of hydrogen-bond donors (Lipinski definition) is 1. The lowest BCUT2D eigenvalue weighted by atomic mass is 9.81. The Balaban J connectivity index is 1.65. The maximum atomic E-state index is 12.3. The van der Waals surface area contributed by atoms with Gasteiger partial charge in [0.15, 0.2) is 0 Å². The van der Waals surface area contributed by atoms with Crippen LogP contribution in [0.15, 0.2) is 0 Å². The first-order chi connectivity index (χ1) is 10.6. The Morgan fingerprint density at radius 2 is 1.68 bits per heavy atom. The molecule has 6 nitrogen and oxygen atoms in total. The van der Waals surface area contributed by atoms with Gasteiger partial charge in [0.05, 0.1) is 17.9 Å². The number of amides is 3. The van der Waals surface area contributed by atoms with Gasteiger partial charge in [-0.3, -0.25) is 19.3 Å². The molecule has 1 N–H and O–H groups in total. The largest absolute Gasteiger partial charge is 0.336 e. The summed E-state index contributed by atoms with van der Waals surface area (Å²) in [6.45, 7) is -0.242. The van der Waals surface area contributed by atoms with Crippen LogP contribution in [0.2, 0.25) is 0 Å². The molecule has 118 valence electrons. The van der Waals surface area contributed by atoms with Gasteiger partial charge in [-0.05, 0) is 38.5 Å². The molecule has 0 aromatic carbocycles. The molecule has 3 fully saturated rings. The Labute approximate surface area is 129 Å². The average Bonchev–Trinajstić information content (AvgIpc) is 3.08. The van der Waals surface area contributed by atoms with Gasteiger partial charge in [0.25, 0.3) is 0 Å². The molecule has 0 radical (unpaired) electrons. The number of rotatable bonds is 3. The van der Waals surface area contributed by atoms with Crippen LogP contribution in [0.1, 0.15) is 51.4 Å². The molecule has 3 amide bonds. The summed E-state index contributed by atoms with van der Waals surface area (Å²) in [7, 11) is 0. The molecule has 6 heteroatoms. The van der Waals surface area contributed by atoms with Crippen LogP contribution in [-0.2, 0) is 14.4 Å². The van der Waals surface area contributed by atoms with E-state index in [2.05, 4.69) is 11.4 Å². The molecule has 0 aromatic rings. The average molecular weight is 303 g/mol. The van der Waals surface area contributed by atoms with Crippen molar-refractivity contribution in [1.82, 2.24) is 10.2 Å². The topological polar surface area (TPSA) is 90.3 Å². The summed E-state index contributed by atoms with van der Waals surface area (Å²) >= 11 is 0. The van der Waals surface area contributed by atoms with E-state index < -0.39 is 11.4 Å². The summed E-state index contributed by atoms with van der Waals surface area (Å²) in [6.07, 6.45) is 6.55. The molecular formula is C16H21N3O3. The van der Waals surface area contributed by atoms with Gasteiger partial charge in [-0.1, -0.05) is 12.8 Å². The highest BCUT2D eigenvalue weighted by Gasteiger charge is 2.49. The fourth-order valence-corrected chi connectivity index (χ4v) is 4.08. The maximum absolute atomic E-state index is 12.3. The molecule has 1 heterocycles. The van der Waals surface area contributed by atoms with E-state index in [4.69, 9.17) is 0 Å². The molecular weight excluding hydrogens is 282 g/mol. The second-order valence-corrected chi connectivity index (χ2v) is 6.71. The molecule has 0 aromatic heterocycles. The number of nitrogens with one attached hydrogen (secondary N) is 1. The van der Waals surface area contributed by atoms with Crippen LogP contribution in [0.3, 0.4) is 0 Å². The van der Waals surface area contributed by atoms with E-state index in [-0.39, 0.29) is 30.2 Å². The third-order valence-electron chi connectivity index (χ3n) is 5.28. The fourth-order valence-electron chi connectivity index (χ4n) is 4.08. The molecule has 2 atom stereocenters. The first-order valence-electron chi connectivity index (χ1n) is 8.14. The summed E-state index contributed by atoms with van der Waals surface area (Å²) < 4.78 is 0. The van der Waals surface area contributed by atoms with E-state index in [0.717, 1.165) is 43.4 Å². The Kier molecular flexibility index (Phi) is 3.90. The van der Waals surface area contributed by atoms with Crippen molar-refractivity contribution in [2.75, 3.05) is 6.54 Å². The standard InChI is InChI=1S/C16H21N3O3/c17-10-16(7-3-4-8-16)18-13(20)9-19-14(21)11-5-1-2-6-12(11)15(19)22/h11-12H,1-9H2,(H,18,20)/t11-,12-/m0/s1. The van der Waals surface area contributed by atoms with Gasteiger partial charge < -0.3 is 5.32 Å². The van der Waals surface area contributed by atoms with E-state index >= 15 is 0 Å². The third kappa shape index (κ3) is 2.49. The smallest absolute Gasteiger partial charge is 0.241 e. The summed E-state index contributed by atoms with van der Waals surface area (Å²) in [5, 5.41) is 12.0. The summed E-state index contributed by atoms with van der Waals surface area (Å²) in [6, 6.07) is 2.19. The van der Waals surface area contributed by atoms with Crippen LogP contribution >= 0.6 is 0 Å². The lowest BCUT2D eigenvalue weighted by Gasteiger charge is -2.23. The van der Waals surface area contributed by atoms with Crippen molar-refractivity contribution in [3.63, 3.8) is 0 Å². The van der Waals surface area contributed by atoms with Crippen LogP contribution < -0.4 is 5.32 Å². The lowest BCUT2D eigenvalue weighted by Crippen LogP contribution is -2.50. The van der Waals surface area contributed by atoms with Crippen molar-refractivity contribution in [3.8, 4) is 6.07 Å². The van der Waals surface area contributed by atoms with E-state index in [0.29, 0.717) is 12.8 Å². The van der Waals surface area contributed by atoms with Crippen molar-refractivity contribution in [3.05, 3.63) is 0 Å². The fraction of sp³-hybridized carbons (Fsp3) is 0.750. The molecule has 22 heavy (non-hydrogen) atoms. The summed E-state index contributed by atoms with van der Waals surface area (Å²) in [5.74, 6) is -1.27. The van der Waals surface area contributed by atoms with Crippen molar-refractivity contribution in [2.24, 2.45) is 11.8 Å². The molecule has 3 aliphatic rings. The van der Waals surface area contributed by atoms with Gasteiger partial charge in [-0.25, -0.2) is 0 Å². The minimum absolute atomic E-state index is 0.206. The normalized spacial score (nSPS) is 30.0. The zero-order chi connectivity index (χ0) is 15.7. The number of nitriles is 1. The van der Waals surface area contributed by atoms with Gasteiger partial charge in [-0.2, -0.15) is 5.26 Å². The third-order valence-corrected chi connectivity index (χ3v) is 5.28. The second-order valence-electron chi connectivity index (χ2n) is 6.71. The van der Waals surface area contributed by atoms with Gasteiger partial charge in [0, 0.05) is 0 Å². The Morgan fingerprint density at radius 1 is 1.14 bits per heavy atom. The number of carbonyl (C=O) groups is 3. The van der Waals surface area contributed by atoms with Crippen LogP contribution in [0.25, 0.3) is 0 Å². The highest BCUT2D eigenvalue weighted by molar-refractivity contribution is 6.07. The van der Waals surface area contributed by atoms with Gasteiger partial charge >= 0.3 is 0 Å². The molecule has 0 bridgehead atoms. The molecule has 2 aliphatic carbocycles. The number of fused-ring (bicyclic) bond motifs is 1. The SMILES string of the molecule is N#CC1(NC(=O)CN2C(=O)[C@H]3CCCC[C@@H]3C2=O)CCCC1. The highest BCUT2D eigenvalue weighted by Crippen LogP contribution is 2.38. The van der Waals surface area contributed by atoms with E-state index in [9.17, 15) is 19.6 Å². The van der Waals surface area contributed by atoms with Gasteiger partial charge in [-0.15, -0.1) is 0 Å². The zero-order valence-corrected chi connectivity index (χ0v) is 12.6.